The molecule has 0 aliphatic rings. The van der Waals surface area contributed by atoms with E-state index in [1.807, 2.05) is 6.92 Å². The molecule has 0 amide bonds. The summed E-state index contributed by atoms with van der Waals surface area (Å²) in [5.74, 6) is -0.279. The minimum atomic E-state index is -4.72. The zero-order chi connectivity index (χ0) is 14.1. The Bertz CT molecular complexity index is 405. The molecule has 1 aromatic carbocycles. The normalized spacial score (nSPS) is 11.8. The molecule has 0 bridgehead atoms. The van der Waals surface area contributed by atoms with Crippen molar-refractivity contribution in [3.05, 3.63) is 29.8 Å². The van der Waals surface area contributed by atoms with E-state index in [-0.39, 0.29) is 17.9 Å². The molecule has 0 saturated carbocycles. The predicted octanol–water partition coefficient (Wildman–Crippen LogP) is 4.15. The zero-order valence-corrected chi connectivity index (χ0v) is 10.5. The summed E-state index contributed by atoms with van der Waals surface area (Å²) in [4.78, 5) is 4.89. The molecule has 0 unspecified atom stereocenters. The molecule has 0 N–H and O–H groups in total. The molecule has 0 saturated heterocycles. The minimum Gasteiger partial charge on any atom is -0.405 e. The van der Waals surface area contributed by atoms with E-state index in [1.165, 1.54) is 18.2 Å². The third-order valence-corrected chi connectivity index (χ3v) is 2.19. The highest BCUT2D eigenvalue weighted by Gasteiger charge is 2.31. The Hall–Kier alpha value is -1.72. The van der Waals surface area contributed by atoms with Gasteiger partial charge in [-0.05, 0) is 18.9 Å². The Morgan fingerprint density at radius 3 is 2.68 bits per heavy atom. The fourth-order valence-corrected chi connectivity index (χ4v) is 1.30. The van der Waals surface area contributed by atoms with Crippen LogP contribution in [0.5, 0.6) is 5.75 Å². The number of halogens is 3. The van der Waals surface area contributed by atoms with E-state index in [2.05, 4.69) is 16.1 Å². The lowest BCUT2D eigenvalue weighted by atomic mass is 10.2. The third-order valence-electron chi connectivity index (χ3n) is 2.19. The second-order valence-corrected chi connectivity index (χ2v) is 3.78. The molecule has 6 heteroatoms. The Labute approximate surface area is 110 Å². The van der Waals surface area contributed by atoms with E-state index in [4.69, 9.17) is 4.84 Å². The average molecular weight is 274 g/mol. The van der Waals surface area contributed by atoms with E-state index in [1.54, 1.807) is 6.07 Å². The first kappa shape index (κ1) is 15.3. The number of benzene rings is 1. The number of alkyl halides is 3. The maximum Gasteiger partial charge on any atom is 0.573 e. The Kier molecular flexibility index (Phi) is 6.18. The first-order valence-electron chi connectivity index (χ1n) is 5.91. The van der Waals surface area contributed by atoms with E-state index in [0.29, 0.717) is 6.42 Å². The SMILES string of the molecule is CCCC/[C]=N/OCc1ccccc1OC(F)(F)F. The number of hydrogen-bond donors (Lipinski definition) is 0. The van der Waals surface area contributed by atoms with Gasteiger partial charge in [0.2, 0.25) is 0 Å². The van der Waals surface area contributed by atoms with Gasteiger partial charge in [-0.1, -0.05) is 36.7 Å². The van der Waals surface area contributed by atoms with E-state index in [9.17, 15) is 13.2 Å². The van der Waals surface area contributed by atoms with Gasteiger partial charge >= 0.3 is 6.36 Å². The number of nitrogens with zero attached hydrogens (tertiary/aromatic N) is 1. The van der Waals surface area contributed by atoms with Crippen molar-refractivity contribution in [2.45, 2.75) is 39.2 Å². The largest absolute Gasteiger partial charge is 0.573 e. The monoisotopic (exact) mass is 274 g/mol. The maximum absolute atomic E-state index is 12.2. The standard InChI is InChI=1S/C13H15F3NO2/c1-2-3-6-9-17-18-10-11-7-4-5-8-12(11)19-13(14,15)16/h4-5,7-8H,2-3,6,10H2,1H3. The van der Waals surface area contributed by atoms with Gasteiger partial charge in [0.25, 0.3) is 0 Å². The number of ether oxygens (including phenoxy) is 1. The fourth-order valence-electron chi connectivity index (χ4n) is 1.30. The van der Waals surface area contributed by atoms with Crippen LogP contribution in [0.2, 0.25) is 0 Å². The van der Waals surface area contributed by atoms with Crippen LogP contribution >= 0.6 is 0 Å². The van der Waals surface area contributed by atoms with Crippen LogP contribution in [0, 0.1) is 0 Å². The molecule has 0 fully saturated rings. The molecule has 3 nitrogen and oxygen atoms in total. The number of rotatable bonds is 7. The summed E-state index contributed by atoms with van der Waals surface area (Å²) in [6.07, 6.45) is 0.576. The summed E-state index contributed by atoms with van der Waals surface area (Å²) >= 11 is 0. The van der Waals surface area contributed by atoms with Gasteiger partial charge in [0.15, 0.2) is 0 Å². The van der Waals surface area contributed by atoms with Crippen molar-refractivity contribution in [3.8, 4) is 5.75 Å². The second kappa shape index (κ2) is 7.66. The summed E-state index contributed by atoms with van der Waals surface area (Å²) in [6, 6.07) is 5.78. The van der Waals surface area contributed by atoms with E-state index in [0.717, 1.165) is 12.8 Å². The Morgan fingerprint density at radius 1 is 1.26 bits per heavy atom. The highest BCUT2D eigenvalue weighted by atomic mass is 19.4. The first-order chi connectivity index (χ1) is 9.03. The van der Waals surface area contributed by atoms with Crippen LogP contribution in [0.3, 0.4) is 0 Å². The molecule has 105 valence electrons. The van der Waals surface area contributed by atoms with Gasteiger partial charge in [-0.25, -0.2) is 0 Å². The van der Waals surface area contributed by atoms with Crippen LogP contribution in [-0.4, -0.2) is 12.6 Å². The lowest BCUT2D eigenvalue weighted by Crippen LogP contribution is -2.18. The molecule has 0 aliphatic carbocycles. The van der Waals surface area contributed by atoms with Crippen molar-refractivity contribution in [1.82, 2.24) is 0 Å². The Morgan fingerprint density at radius 2 is 2.00 bits per heavy atom. The first-order valence-corrected chi connectivity index (χ1v) is 5.91. The molecule has 1 aromatic rings. The predicted molar refractivity (Wildman–Crippen MR) is 64.9 cm³/mol. The molecule has 0 atom stereocenters. The van der Waals surface area contributed by atoms with Crippen LogP contribution in [0.15, 0.2) is 29.4 Å². The van der Waals surface area contributed by atoms with Gasteiger partial charge in [0.05, 0.1) is 0 Å². The number of hydrogen-bond acceptors (Lipinski definition) is 3. The Balaban J connectivity index is 2.51. The van der Waals surface area contributed by atoms with Crippen LogP contribution in [-0.2, 0) is 11.4 Å². The average Bonchev–Trinajstić information content (AvgIpc) is 2.33. The lowest BCUT2D eigenvalue weighted by Gasteiger charge is -2.12. The summed E-state index contributed by atoms with van der Waals surface area (Å²) in [7, 11) is 0. The quantitative estimate of drug-likeness (QED) is 0.425. The molecular weight excluding hydrogens is 259 g/mol. The summed E-state index contributed by atoms with van der Waals surface area (Å²) in [5, 5.41) is 3.55. The van der Waals surface area contributed by atoms with Crippen LogP contribution in [0.4, 0.5) is 13.2 Å². The molecule has 1 radical (unpaired) electrons. The van der Waals surface area contributed by atoms with Gasteiger partial charge in [-0.15, -0.1) is 13.2 Å². The third kappa shape index (κ3) is 6.69. The molecule has 1 rings (SSSR count). The van der Waals surface area contributed by atoms with Crippen LogP contribution in [0.25, 0.3) is 0 Å². The molecule has 0 aromatic heterocycles. The molecule has 0 aliphatic heterocycles. The number of unbranched alkanes of at least 4 members (excludes halogenated alkanes) is 2. The van der Waals surface area contributed by atoms with Crippen molar-refractivity contribution < 1.29 is 22.7 Å². The van der Waals surface area contributed by atoms with Crippen molar-refractivity contribution in [1.29, 1.82) is 0 Å². The minimum absolute atomic E-state index is 0.0919. The second-order valence-electron chi connectivity index (χ2n) is 3.78. The summed E-state index contributed by atoms with van der Waals surface area (Å²) in [5.41, 5.74) is 0.279. The number of para-hydroxylation sites is 1. The van der Waals surface area contributed by atoms with Crippen LogP contribution < -0.4 is 4.74 Å². The smallest absolute Gasteiger partial charge is 0.405 e. The van der Waals surface area contributed by atoms with Gasteiger partial charge in [-0.3, -0.25) is 0 Å². The van der Waals surface area contributed by atoms with E-state index >= 15 is 0 Å². The van der Waals surface area contributed by atoms with Gasteiger partial charge in [0, 0.05) is 5.56 Å². The van der Waals surface area contributed by atoms with Crippen molar-refractivity contribution in [2.24, 2.45) is 5.16 Å². The van der Waals surface area contributed by atoms with Crippen molar-refractivity contribution >= 4 is 6.21 Å². The van der Waals surface area contributed by atoms with E-state index < -0.39 is 6.36 Å². The lowest BCUT2D eigenvalue weighted by molar-refractivity contribution is -0.275. The molecule has 0 spiro atoms. The highest BCUT2D eigenvalue weighted by molar-refractivity contribution is 5.56. The molecule has 19 heavy (non-hydrogen) atoms. The maximum atomic E-state index is 12.2. The fraction of sp³-hybridized carbons (Fsp3) is 0.462. The van der Waals surface area contributed by atoms with Crippen molar-refractivity contribution in [3.63, 3.8) is 0 Å². The summed E-state index contributed by atoms with van der Waals surface area (Å²) in [6.45, 7) is 1.94. The zero-order valence-electron chi connectivity index (χ0n) is 10.5. The van der Waals surface area contributed by atoms with Crippen LogP contribution in [0.1, 0.15) is 31.7 Å². The molecule has 0 heterocycles. The topological polar surface area (TPSA) is 30.8 Å². The van der Waals surface area contributed by atoms with Gasteiger partial charge < -0.3 is 9.57 Å². The summed E-state index contributed by atoms with van der Waals surface area (Å²) < 4.78 is 40.3. The highest BCUT2D eigenvalue weighted by Crippen LogP contribution is 2.26. The molecular formula is C13H15F3NO2. The van der Waals surface area contributed by atoms with Crippen molar-refractivity contribution in [2.75, 3.05) is 0 Å². The van der Waals surface area contributed by atoms with Gasteiger partial charge in [-0.2, -0.15) is 0 Å². The van der Waals surface area contributed by atoms with Gasteiger partial charge in [0.1, 0.15) is 18.6 Å².